The van der Waals surface area contributed by atoms with Gasteiger partial charge in [-0.3, -0.25) is 9.59 Å². The Balaban J connectivity index is 1.55. The van der Waals surface area contributed by atoms with Gasteiger partial charge in [0.2, 0.25) is 12.7 Å². The van der Waals surface area contributed by atoms with Gasteiger partial charge in [-0.2, -0.15) is 0 Å². The van der Waals surface area contributed by atoms with Crippen molar-refractivity contribution < 1.29 is 28.9 Å². The van der Waals surface area contributed by atoms with Crippen molar-refractivity contribution in [3.63, 3.8) is 0 Å². The highest BCUT2D eigenvalue weighted by atomic mass is 16.7. The summed E-state index contributed by atoms with van der Waals surface area (Å²) in [6.45, 7) is 4.52. The lowest BCUT2D eigenvalue weighted by atomic mass is 9.86. The molecule has 6 rings (SSSR count). The average Bonchev–Trinajstić information content (AvgIpc) is 3.56. The van der Waals surface area contributed by atoms with Gasteiger partial charge in [0.05, 0.1) is 35.6 Å². The number of likely N-dealkylation sites (N-methyl/N-ethyl adjacent to an activating group) is 1. The fourth-order valence-corrected chi connectivity index (χ4v) is 5.52. The number of nitrogens with zero attached hydrogens (tertiary/aromatic N) is 3. The van der Waals surface area contributed by atoms with Gasteiger partial charge in [-0.25, -0.2) is 9.78 Å². The highest BCUT2D eigenvalue weighted by Crippen LogP contribution is 2.43. The number of nitrogens with two attached hydrogens (primary N) is 1. The molecule has 2 aromatic heterocycles. The van der Waals surface area contributed by atoms with Crippen LogP contribution in [0.25, 0.3) is 28.4 Å². The van der Waals surface area contributed by atoms with Gasteiger partial charge < -0.3 is 34.5 Å². The number of rotatable bonds is 6. The van der Waals surface area contributed by atoms with E-state index in [0.717, 1.165) is 16.5 Å². The van der Waals surface area contributed by atoms with Crippen LogP contribution in [0.2, 0.25) is 0 Å². The molecule has 0 saturated heterocycles. The summed E-state index contributed by atoms with van der Waals surface area (Å²) in [5.41, 5.74) is 7.17. The zero-order chi connectivity index (χ0) is 27.5. The average molecular weight is 533 g/mol. The lowest BCUT2D eigenvalue weighted by Gasteiger charge is -2.31. The molecule has 39 heavy (non-hydrogen) atoms. The first-order valence-corrected chi connectivity index (χ1v) is 12.9. The zero-order valence-electron chi connectivity index (χ0n) is 21.7. The molecular formula is C28H28N4O7. The van der Waals surface area contributed by atoms with Crippen molar-refractivity contribution >= 4 is 28.9 Å². The first-order chi connectivity index (χ1) is 18.8. The molecule has 1 amide bonds. The summed E-state index contributed by atoms with van der Waals surface area (Å²) in [4.78, 5) is 44.8. The Morgan fingerprint density at radius 2 is 1.95 bits per heavy atom. The minimum Gasteiger partial charge on any atom is -0.458 e. The largest absolute Gasteiger partial charge is 0.458 e. The SMILES string of the molecule is CCN(C/C=C/c1c2c(nc3cc4c(cc13)OCO4)-c1cc3c(c(=O)n1C2)COC(=O)[C@]3(O)CC)C(=O)CN. The fraction of sp³-hybridized carbons (Fsp3) is 0.357. The molecule has 0 saturated carbocycles. The summed E-state index contributed by atoms with van der Waals surface area (Å²) in [6.07, 6.45) is 3.87. The molecule has 3 aliphatic rings. The molecule has 0 radical (unpaired) electrons. The molecule has 3 aliphatic heterocycles. The smallest absolute Gasteiger partial charge is 0.343 e. The molecular weight excluding hydrogens is 504 g/mol. The normalized spacial score (nSPS) is 18.7. The Hall–Kier alpha value is -4.22. The molecule has 0 unspecified atom stereocenters. The minimum absolute atomic E-state index is 0.0621. The van der Waals surface area contributed by atoms with Crippen molar-refractivity contribution in [1.29, 1.82) is 0 Å². The third kappa shape index (κ3) is 3.72. The molecule has 11 nitrogen and oxygen atoms in total. The van der Waals surface area contributed by atoms with Crippen LogP contribution in [0.4, 0.5) is 0 Å². The molecule has 11 heteroatoms. The third-order valence-corrected chi connectivity index (χ3v) is 7.75. The highest BCUT2D eigenvalue weighted by molar-refractivity contribution is 5.95. The number of esters is 1. The number of ether oxygens (including phenoxy) is 3. The number of amides is 1. The van der Waals surface area contributed by atoms with Crippen molar-refractivity contribution in [1.82, 2.24) is 14.5 Å². The predicted octanol–water partition coefficient (Wildman–Crippen LogP) is 1.63. The minimum atomic E-state index is -1.91. The molecule has 0 spiro atoms. The second kappa shape index (κ2) is 9.21. The van der Waals surface area contributed by atoms with Gasteiger partial charge >= 0.3 is 5.97 Å². The second-order valence-electron chi connectivity index (χ2n) is 9.72. The van der Waals surface area contributed by atoms with Crippen molar-refractivity contribution in [2.24, 2.45) is 5.73 Å². The summed E-state index contributed by atoms with van der Waals surface area (Å²) >= 11 is 0. The van der Waals surface area contributed by atoms with Crippen LogP contribution in [0.1, 0.15) is 42.5 Å². The summed E-state index contributed by atoms with van der Waals surface area (Å²) in [5, 5.41) is 12.0. The van der Waals surface area contributed by atoms with Crippen molar-refractivity contribution in [2.45, 2.75) is 39.0 Å². The fourth-order valence-electron chi connectivity index (χ4n) is 5.52. The number of aliphatic hydroxyl groups is 1. The maximum atomic E-state index is 13.6. The molecule has 3 N–H and O–H groups in total. The molecule has 0 aliphatic carbocycles. The van der Waals surface area contributed by atoms with E-state index in [0.29, 0.717) is 41.5 Å². The van der Waals surface area contributed by atoms with Crippen LogP contribution in [0, 0.1) is 0 Å². The molecule has 1 atom stereocenters. The van der Waals surface area contributed by atoms with Crippen LogP contribution < -0.4 is 20.8 Å². The number of hydrogen-bond acceptors (Lipinski definition) is 9. The standard InChI is InChI=1S/C28H28N4O7/c1-3-28(36)19-9-21-25-17(12-32(21)26(34)18(19)13-37-27(28)35)15(6-5-7-31(4-2)24(33)11-29)16-8-22-23(39-14-38-22)10-20(16)30-25/h5-6,8-10,36H,3-4,7,11-14,29H2,1-2H3/b6-5+/t28-/m0/s1. The van der Waals surface area contributed by atoms with Crippen LogP contribution in [-0.2, 0) is 33.1 Å². The highest BCUT2D eigenvalue weighted by Gasteiger charge is 2.45. The van der Waals surface area contributed by atoms with Crippen LogP contribution in [0.3, 0.4) is 0 Å². The van der Waals surface area contributed by atoms with Crippen LogP contribution in [0.5, 0.6) is 11.5 Å². The number of benzene rings is 1. The van der Waals surface area contributed by atoms with Crippen LogP contribution in [-0.4, -0.2) is 57.9 Å². The van der Waals surface area contributed by atoms with E-state index in [9.17, 15) is 19.5 Å². The molecule has 0 bridgehead atoms. The summed E-state index contributed by atoms with van der Waals surface area (Å²) in [5.74, 6) is 0.245. The van der Waals surface area contributed by atoms with Gasteiger partial charge in [0.15, 0.2) is 17.1 Å². The number of aromatic nitrogens is 2. The van der Waals surface area contributed by atoms with Crippen molar-refractivity contribution in [2.75, 3.05) is 26.4 Å². The van der Waals surface area contributed by atoms with Gasteiger partial charge in [0.1, 0.15) is 6.61 Å². The number of cyclic esters (lactones) is 1. The van der Waals surface area contributed by atoms with Gasteiger partial charge in [-0.15, -0.1) is 0 Å². The van der Waals surface area contributed by atoms with E-state index in [4.69, 9.17) is 24.9 Å². The summed E-state index contributed by atoms with van der Waals surface area (Å²) in [6, 6.07) is 5.35. The van der Waals surface area contributed by atoms with Gasteiger partial charge in [0.25, 0.3) is 5.56 Å². The zero-order valence-corrected chi connectivity index (χ0v) is 21.7. The Bertz CT molecular complexity index is 1640. The van der Waals surface area contributed by atoms with E-state index in [1.54, 1.807) is 28.5 Å². The van der Waals surface area contributed by atoms with Gasteiger partial charge in [0, 0.05) is 35.7 Å². The Kier molecular flexibility index (Phi) is 5.92. The maximum Gasteiger partial charge on any atom is 0.343 e. The summed E-state index contributed by atoms with van der Waals surface area (Å²) in [7, 11) is 0. The van der Waals surface area contributed by atoms with Crippen LogP contribution >= 0.6 is 0 Å². The molecule has 0 fully saturated rings. The quantitative estimate of drug-likeness (QED) is 0.354. The lowest BCUT2D eigenvalue weighted by molar-refractivity contribution is -0.172. The van der Waals surface area contributed by atoms with Crippen molar-refractivity contribution in [3.05, 3.63) is 56.9 Å². The molecule has 5 heterocycles. The predicted molar refractivity (Wildman–Crippen MR) is 141 cm³/mol. The van der Waals surface area contributed by atoms with E-state index in [1.165, 1.54) is 0 Å². The van der Waals surface area contributed by atoms with E-state index in [-0.39, 0.29) is 55.5 Å². The Morgan fingerprint density at radius 3 is 2.67 bits per heavy atom. The van der Waals surface area contributed by atoms with E-state index < -0.39 is 11.6 Å². The monoisotopic (exact) mass is 532 g/mol. The maximum absolute atomic E-state index is 13.6. The second-order valence-corrected chi connectivity index (χ2v) is 9.72. The number of hydrogen-bond donors (Lipinski definition) is 2. The first-order valence-electron chi connectivity index (χ1n) is 12.9. The van der Waals surface area contributed by atoms with Crippen LogP contribution in [0.15, 0.2) is 29.1 Å². The first kappa shape index (κ1) is 25.1. The number of fused-ring (bicyclic) bond motifs is 6. The summed E-state index contributed by atoms with van der Waals surface area (Å²) < 4.78 is 18.0. The lowest BCUT2D eigenvalue weighted by Crippen LogP contribution is -2.44. The number of pyridine rings is 2. The third-order valence-electron chi connectivity index (χ3n) is 7.75. The van der Waals surface area contributed by atoms with E-state index in [1.807, 2.05) is 25.1 Å². The molecule has 3 aromatic rings. The Morgan fingerprint density at radius 1 is 1.18 bits per heavy atom. The number of carbonyl (C=O) groups excluding carboxylic acids is 2. The van der Waals surface area contributed by atoms with Gasteiger partial charge in [-0.1, -0.05) is 19.1 Å². The molecule has 202 valence electrons. The van der Waals surface area contributed by atoms with E-state index >= 15 is 0 Å². The number of carbonyl (C=O) groups is 2. The van der Waals surface area contributed by atoms with Crippen molar-refractivity contribution in [3.8, 4) is 22.9 Å². The van der Waals surface area contributed by atoms with Gasteiger partial charge in [-0.05, 0) is 31.0 Å². The topological polar surface area (TPSA) is 146 Å². The van der Waals surface area contributed by atoms with E-state index in [2.05, 4.69) is 0 Å². The molecule has 1 aromatic carbocycles. The Labute approximate surface area is 223 Å².